The van der Waals surface area contributed by atoms with Gasteiger partial charge in [0, 0.05) is 0 Å². The minimum absolute atomic E-state index is 0.988. The van der Waals surface area contributed by atoms with Crippen LogP contribution >= 0.6 is 14.5 Å². The number of hydrogen-bond acceptors (Lipinski definition) is 0. The molecular weight excluding hydrogens is 759 g/mol. The molecule has 0 aromatic heterocycles. The van der Waals surface area contributed by atoms with Crippen molar-refractivity contribution in [1.82, 2.24) is 0 Å². The third-order valence-electron chi connectivity index (χ3n) is 12.4. The maximum Gasteiger partial charge on any atom is 0.116 e. The number of benzene rings is 8. The molecule has 0 radical (unpaired) electrons. The highest BCUT2D eigenvalue weighted by molar-refractivity contribution is 7.95. The van der Waals surface area contributed by atoms with E-state index in [1.807, 2.05) is 0 Å². The second-order valence-electron chi connectivity index (χ2n) is 17.1. The van der Waals surface area contributed by atoms with Gasteiger partial charge in [0.25, 0.3) is 0 Å². The zero-order valence-electron chi connectivity index (χ0n) is 36.2. The lowest BCUT2D eigenvalue weighted by Gasteiger charge is -2.28. The van der Waals surface area contributed by atoms with E-state index < -0.39 is 14.5 Å². The Kier molecular flexibility index (Phi) is 12.5. The Bertz CT molecular complexity index is 2210. The molecule has 0 unspecified atom stereocenters. The van der Waals surface area contributed by atoms with Crippen LogP contribution in [0.3, 0.4) is 0 Å². The second-order valence-corrected chi connectivity index (χ2v) is 24.1. The quantitative estimate of drug-likeness (QED) is 0.102. The smallest absolute Gasteiger partial charge is 0.0586 e. The molecule has 0 bridgehead atoms. The van der Waals surface area contributed by atoms with Crippen LogP contribution in [0.4, 0.5) is 0 Å². The molecule has 0 saturated carbocycles. The average molecular weight is 817 g/mol. The lowest BCUT2D eigenvalue weighted by molar-refractivity contribution is 0.958. The Morgan fingerprint density at radius 2 is 0.383 bits per heavy atom. The molecule has 0 fully saturated rings. The Hall–Kier alpha value is -5.38. The summed E-state index contributed by atoms with van der Waals surface area (Å²) in [5, 5.41) is 8.61. The van der Waals surface area contributed by atoms with Gasteiger partial charge < -0.3 is 0 Å². The van der Waals surface area contributed by atoms with E-state index >= 15 is 0 Å². The van der Waals surface area contributed by atoms with Gasteiger partial charge in [0.2, 0.25) is 0 Å². The number of hydrogen-bond donors (Lipinski definition) is 0. The number of aryl methyl sites for hydroxylation is 8. The molecule has 8 aromatic carbocycles. The predicted molar refractivity (Wildman–Crippen MR) is 266 cm³/mol. The van der Waals surface area contributed by atoms with Gasteiger partial charge in [-0.3, -0.25) is 0 Å². The molecule has 0 amide bonds. The largest absolute Gasteiger partial charge is 0.116 e. The standard InChI is InChI=1S/C58H58P2/c1-43-7-29-53(30-8-43)59(54-31-9-44(2)10-32-54,55-33-11-45(3)12-34-55)41-51-25-21-49(22-26-51)19-20-50-23-27-52(28-24-50)42-60(56-35-13-46(4)14-36-56,57-37-15-47(5)16-38-57)58-39-17-48(6)18-40-58/h7-18,21-40H,19-20,41-42H2,1-6H3/q+2. The fourth-order valence-electron chi connectivity index (χ4n) is 8.70. The van der Waals surface area contributed by atoms with Crippen molar-refractivity contribution in [3.8, 4) is 0 Å². The maximum atomic E-state index is 2.40. The predicted octanol–water partition coefficient (Wildman–Crippen LogP) is 12.3. The van der Waals surface area contributed by atoms with Crippen LogP contribution in [0.1, 0.15) is 55.6 Å². The molecule has 0 spiro atoms. The second kappa shape index (κ2) is 18.1. The van der Waals surface area contributed by atoms with Gasteiger partial charge in [-0.1, -0.05) is 155 Å². The fraction of sp³-hybridized carbons (Fsp3) is 0.172. The third-order valence-corrected chi connectivity index (χ3v) is 21.2. The van der Waals surface area contributed by atoms with Gasteiger partial charge in [-0.05, 0) is 149 Å². The molecule has 8 rings (SSSR count). The zero-order chi connectivity index (χ0) is 41.7. The first kappa shape index (κ1) is 41.4. The first-order valence-corrected chi connectivity index (χ1v) is 25.4. The summed E-state index contributed by atoms with van der Waals surface area (Å²) in [5.74, 6) is 0. The van der Waals surface area contributed by atoms with E-state index in [0.717, 1.165) is 25.2 Å². The molecular formula is C58H58P2+2. The molecule has 0 aliphatic rings. The van der Waals surface area contributed by atoms with E-state index in [0.29, 0.717) is 0 Å². The first-order valence-electron chi connectivity index (χ1n) is 21.5. The Morgan fingerprint density at radius 3 is 0.567 bits per heavy atom. The molecule has 0 aliphatic heterocycles. The monoisotopic (exact) mass is 816 g/mol. The topological polar surface area (TPSA) is 0 Å². The summed E-state index contributed by atoms with van der Waals surface area (Å²) >= 11 is 0. The molecule has 8 aromatic rings. The molecule has 0 saturated heterocycles. The lowest BCUT2D eigenvalue weighted by atomic mass is 10.0. The molecule has 0 aliphatic carbocycles. The van der Waals surface area contributed by atoms with E-state index in [-0.39, 0.29) is 0 Å². The maximum absolute atomic E-state index is 2.40. The summed E-state index contributed by atoms with van der Waals surface area (Å²) in [7, 11) is -3.99. The zero-order valence-corrected chi connectivity index (χ0v) is 38.0. The van der Waals surface area contributed by atoms with Crippen molar-refractivity contribution in [3.63, 3.8) is 0 Å². The van der Waals surface area contributed by atoms with E-state index in [9.17, 15) is 0 Å². The van der Waals surface area contributed by atoms with Crippen molar-refractivity contribution in [2.45, 2.75) is 66.7 Å². The minimum atomic E-state index is -2.00. The van der Waals surface area contributed by atoms with Crippen LogP contribution in [0.2, 0.25) is 0 Å². The average Bonchev–Trinajstić information content (AvgIpc) is 3.27. The van der Waals surface area contributed by atoms with Gasteiger partial charge in [0.05, 0.1) is 12.3 Å². The normalized spacial score (nSPS) is 11.8. The summed E-state index contributed by atoms with van der Waals surface area (Å²) < 4.78 is 0. The molecule has 0 atom stereocenters. The number of rotatable bonds is 13. The summed E-state index contributed by atoms with van der Waals surface area (Å²) in [4.78, 5) is 0. The fourth-order valence-corrected chi connectivity index (χ4v) is 17.0. The first-order chi connectivity index (χ1) is 29.1. The van der Waals surface area contributed by atoms with E-state index in [2.05, 4.69) is 236 Å². The highest BCUT2D eigenvalue weighted by atomic mass is 31.2. The van der Waals surface area contributed by atoms with Crippen molar-refractivity contribution in [2.24, 2.45) is 0 Å². The van der Waals surface area contributed by atoms with Crippen molar-refractivity contribution in [3.05, 3.63) is 250 Å². The highest BCUT2D eigenvalue weighted by Gasteiger charge is 2.47. The van der Waals surface area contributed by atoms with Gasteiger partial charge in [0.1, 0.15) is 46.4 Å². The van der Waals surface area contributed by atoms with Crippen LogP contribution < -0.4 is 31.8 Å². The van der Waals surface area contributed by atoms with Crippen LogP contribution in [-0.4, -0.2) is 0 Å². The van der Waals surface area contributed by atoms with Crippen molar-refractivity contribution in [2.75, 3.05) is 0 Å². The molecule has 0 heterocycles. The van der Waals surface area contributed by atoms with E-state index in [1.165, 1.54) is 87.5 Å². The Morgan fingerprint density at radius 1 is 0.217 bits per heavy atom. The van der Waals surface area contributed by atoms with Crippen LogP contribution in [0, 0.1) is 41.5 Å². The molecule has 298 valence electrons. The van der Waals surface area contributed by atoms with Crippen LogP contribution in [0.15, 0.2) is 194 Å². The van der Waals surface area contributed by atoms with Gasteiger partial charge in [-0.25, -0.2) is 0 Å². The van der Waals surface area contributed by atoms with Gasteiger partial charge in [0.15, 0.2) is 0 Å². The summed E-state index contributed by atoms with van der Waals surface area (Å²) in [6.45, 7) is 13.1. The molecule has 0 N–H and O–H groups in total. The van der Waals surface area contributed by atoms with E-state index in [1.54, 1.807) is 0 Å². The Labute approximate surface area is 361 Å². The van der Waals surface area contributed by atoms with Crippen LogP contribution in [0.25, 0.3) is 0 Å². The Balaban J connectivity index is 1.05. The molecule has 2 heteroatoms. The van der Waals surface area contributed by atoms with Crippen LogP contribution in [0.5, 0.6) is 0 Å². The van der Waals surface area contributed by atoms with Crippen molar-refractivity contribution in [1.29, 1.82) is 0 Å². The van der Waals surface area contributed by atoms with Crippen LogP contribution in [-0.2, 0) is 25.2 Å². The van der Waals surface area contributed by atoms with Gasteiger partial charge in [-0.15, -0.1) is 0 Å². The SMILES string of the molecule is Cc1ccc([P+](Cc2ccc(CCc3ccc(C[P+](c4ccc(C)cc4)(c4ccc(C)cc4)c4ccc(C)cc4)cc3)cc2)(c2ccc(C)cc2)c2ccc(C)cc2)cc1. The van der Waals surface area contributed by atoms with Crippen molar-refractivity contribution < 1.29 is 0 Å². The summed E-state index contributed by atoms with van der Waals surface area (Å²) in [5.41, 5.74) is 13.3. The third kappa shape index (κ3) is 8.89. The minimum Gasteiger partial charge on any atom is -0.0586 e. The van der Waals surface area contributed by atoms with E-state index in [4.69, 9.17) is 0 Å². The van der Waals surface area contributed by atoms with Gasteiger partial charge >= 0.3 is 0 Å². The van der Waals surface area contributed by atoms with Crippen molar-refractivity contribution >= 4 is 46.4 Å². The summed E-state index contributed by atoms with van der Waals surface area (Å²) in [6, 6.07) is 75.2. The highest BCUT2D eigenvalue weighted by Crippen LogP contribution is 2.59. The molecule has 0 nitrogen and oxygen atoms in total. The molecule has 60 heavy (non-hydrogen) atoms. The van der Waals surface area contributed by atoms with Gasteiger partial charge in [-0.2, -0.15) is 0 Å². The summed E-state index contributed by atoms with van der Waals surface area (Å²) in [6.07, 6.45) is 4.01. The lowest BCUT2D eigenvalue weighted by Crippen LogP contribution is -2.32.